The Morgan fingerprint density at radius 3 is 2.39 bits per heavy atom. The molecule has 1 heterocycles. The molecule has 0 bridgehead atoms. The molecule has 1 atom stereocenters. The van der Waals surface area contributed by atoms with Crippen LogP contribution in [0.4, 0.5) is 22.0 Å². The Balaban J connectivity index is 0.00000387. The van der Waals surface area contributed by atoms with E-state index in [1.54, 1.807) is 18.2 Å². The molecule has 5 rings (SSSR count). The lowest BCUT2D eigenvalue weighted by atomic mass is 9.87. The molecule has 0 unspecified atom stereocenters. The first-order valence-corrected chi connectivity index (χ1v) is 13.4. The molecule has 0 amide bonds. The topological polar surface area (TPSA) is 41.9 Å². The number of halogens is 5. The average Bonchev–Trinajstić information content (AvgIpc) is 3.28. The van der Waals surface area contributed by atoms with Crippen molar-refractivity contribution in [3.63, 3.8) is 0 Å². The van der Waals surface area contributed by atoms with Gasteiger partial charge in [-0.25, -0.2) is 8.78 Å². The minimum atomic E-state index is -3.08. The van der Waals surface area contributed by atoms with Crippen molar-refractivity contribution in [3.05, 3.63) is 88.5 Å². The van der Waals surface area contributed by atoms with Crippen LogP contribution in [0.25, 0.3) is 11.1 Å². The maximum atomic E-state index is 15.3. The summed E-state index contributed by atoms with van der Waals surface area (Å²) in [5.74, 6) is -1.54. The van der Waals surface area contributed by atoms with Crippen LogP contribution in [-0.4, -0.2) is 49.0 Å². The molecule has 0 saturated carbocycles. The van der Waals surface area contributed by atoms with Crippen LogP contribution in [0.3, 0.4) is 0 Å². The van der Waals surface area contributed by atoms with Crippen molar-refractivity contribution >= 4 is 11.1 Å². The van der Waals surface area contributed by atoms with Gasteiger partial charge >= 0.3 is 6.61 Å². The highest BCUT2D eigenvalue weighted by atomic mass is 19.3. The van der Waals surface area contributed by atoms with Crippen molar-refractivity contribution in [3.8, 4) is 17.2 Å². The lowest BCUT2D eigenvalue weighted by Crippen LogP contribution is -2.26. The lowest BCUT2D eigenvalue weighted by molar-refractivity contribution is -0.0500. The Kier molecular flexibility index (Phi) is 9.91. The fraction of sp³-hybridized carbons (Fsp3) is 0.375. The number of rotatable bonds is 9. The predicted molar refractivity (Wildman–Crippen MR) is 149 cm³/mol. The van der Waals surface area contributed by atoms with Gasteiger partial charge in [-0.15, -0.1) is 0 Å². The summed E-state index contributed by atoms with van der Waals surface area (Å²) in [5.41, 5.74) is 2.96. The monoisotopic (exact) mass is 575 g/mol. The molecule has 1 saturated heterocycles. The molecule has 3 aromatic carbocycles. The quantitative estimate of drug-likeness (QED) is 0.263. The smallest absolute Gasteiger partial charge is 0.387 e. The molecule has 1 aliphatic heterocycles. The molecule has 3 aromatic rings. The summed E-state index contributed by atoms with van der Waals surface area (Å²) < 4.78 is 78.7. The van der Waals surface area contributed by atoms with Crippen molar-refractivity contribution in [2.75, 3.05) is 26.3 Å². The van der Waals surface area contributed by atoms with Gasteiger partial charge in [0.15, 0.2) is 11.6 Å². The minimum Gasteiger partial charge on any atom is -0.505 e. The first kappa shape index (κ1) is 30.4. The molecular formula is C32H34F5NO3. The van der Waals surface area contributed by atoms with Crippen molar-refractivity contribution in [1.29, 1.82) is 0 Å². The predicted octanol–water partition coefficient (Wildman–Crippen LogP) is 8.02. The molecule has 1 N–H and O–H groups in total. The van der Waals surface area contributed by atoms with E-state index < -0.39 is 24.0 Å². The van der Waals surface area contributed by atoms with Gasteiger partial charge in [0, 0.05) is 31.3 Å². The second kappa shape index (κ2) is 13.4. The number of phenols is 1. The molecule has 9 heteroatoms. The highest BCUT2D eigenvalue weighted by molar-refractivity contribution is 6.00. The maximum Gasteiger partial charge on any atom is 0.387 e. The largest absolute Gasteiger partial charge is 0.505 e. The molecule has 2 aliphatic rings. The first-order chi connectivity index (χ1) is 19.3. The van der Waals surface area contributed by atoms with Crippen molar-refractivity contribution < 1.29 is 36.5 Å². The third-order valence-corrected chi connectivity index (χ3v) is 7.42. The van der Waals surface area contributed by atoms with E-state index in [4.69, 9.17) is 4.74 Å². The third-order valence-electron chi connectivity index (χ3n) is 7.42. The minimum absolute atomic E-state index is 0. The Bertz CT molecular complexity index is 1380. The summed E-state index contributed by atoms with van der Waals surface area (Å²) in [6.07, 6.45) is 2.54. The zero-order valence-corrected chi connectivity index (χ0v) is 21.8. The van der Waals surface area contributed by atoms with E-state index in [0.29, 0.717) is 65.8 Å². The van der Waals surface area contributed by atoms with Crippen LogP contribution in [0.1, 0.15) is 55.4 Å². The normalized spacial score (nSPS) is 17.3. The van der Waals surface area contributed by atoms with Gasteiger partial charge in [-0.1, -0.05) is 25.6 Å². The van der Waals surface area contributed by atoms with E-state index in [1.165, 1.54) is 18.2 Å². The van der Waals surface area contributed by atoms with Crippen LogP contribution in [0.15, 0.2) is 54.6 Å². The summed E-state index contributed by atoms with van der Waals surface area (Å²) in [5, 5.41) is 10.0. The van der Waals surface area contributed by atoms with E-state index >= 15 is 8.78 Å². The Morgan fingerprint density at radius 1 is 0.951 bits per heavy atom. The number of nitrogens with zero attached hydrogens (tertiary/aromatic N) is 1. The summed E-state index contributed by atoms with van der Waals surface area (Å²) in [7, 11) is 0. The molecule has 41 heavy (non-hydrogen) atoms. The zero-order chi connectivity index (χ0) is 28.2. The second-order valence-electron chi connectivity index (χ2n) is 10.0. The van der Waals surface area contributed by atoms with Gasteiger partial charge < -0.3 is 14.6 Å². The molecule has 4 nitrogen and oxygen atoms in total. The van der Waals surface area contributed by atoms with Crippen LogP contribution in [-0.2, 0) is 6.42 Å². The third kappa shape index (κ3) is 6.84. The maximum absolute atomic E-state index is 15.3. The summed E-state index contributed by atoms with van der Waals surface area (Å²) in [6, 6.07) is 13.8. The highest BCUT2D eigenvalue weighted by Gasteiger charge is 2.26. The van der Waals surface area contributed by atoms with Crippen LogP contribution >= 0.6 is 0 Å². The number of phenolic OH excluding ortho intramolecular Hbond substituents is 1. The molecule has 0 aromatic heterocycles. The number of likely N-dealkylation sites (tertiary alicyclic amines) is 1. The molecule has 0 spiro atoms. The number of hydrogen-bond acceptors (Lipinski definition) is 4. The number of benzene rings is 3. The van der Waals surface area contributed by atoms with Crippen LogP contribution in [0, 0.1) is 11.6 Å². The highest BCUT2D eigenvalue weighted by Crippen LogP contribution is 2.43. The SMILES string of the molecule is C.Oc1ccc2c(c1F)CCCC(c1ccc(OC(F)F)cc1F)=C2c1ccc(O[C@H]2CCN(CCCF)C2)cc1. The molecule has 1 aliphatic carbocycles. The summed E-state index contributed by atoms with van der Waals surface area (Å²) in [6.45, 7) is -1.16. The van der Waals surface area contributed by atoms with E-state index in [-0.39, 0.29) is 31.5 Å². The molecular weight excluding hydrogens is 541 g/mol. The number of ether oxygens (including phenoxy) is 2. The number of hydrogen-bond donors (Lipinski definition) is 1. The van der Waals surface area contributed by atoms with Crippen molar-refractivity contribution in [1.82, 2.24) is 4.90 Å². The van der Waals surface area contributed by atoms with Crippen molar-refractivity contribution in [2.45, 2.75) is 52.2 Å². The lowest BCUT2D eigenvalue weighted by Gasteiger charge is -2.19. The number of allylic oxidation sites excluding steroid dienone is 1. The first-order valence-electron chi connectivity index (χ1n) is 13.4. The summed E-state index contributed by atoms with van der Waals surface area (Å²) >= 11 is 0. The number of alkyl halides is 3. The van der Waals surface area contributed by atoms with Gasteiger partial charge in [0.1, 0.15) is 23.4 Å². The van der Waals surface area contributed by atoms with Gasteiger partial charge in [0.25, 0.3) is 0 Å². The molecule has 220 valence electrons. The van der Waals surface area contributed by atoms with Gasteiger partial charge in [-0.3, -0.25) is 9.29 Å². The average molecular weight is 576 g/mol. The van der Waals surface area contributed by atoms with Crippen LogP contribution in [0.2, 0.25) is 0 Å². The number of aromatic hydroxyl groups is 1. The Hall–Kier alpha value is -3.59. The van der Waals surface area contributed by atoms with Crippen LogP contribution < -0.4 is 9.47 Å². The zero-order valence-electron chi connectivity index (χ0n) is 21.8. The Morgan fingerprint density at radius 2 is 1.68 bits per heavy atom. The van der Waals surface area contributed by atoms with E-state index in [2.05, 4.69) is 9.64 Å². The molecule has 0 radical (unpaired) electrons. The standard InChI is InChI=1S/C31H30F5NO3.CH4/c32-14-2-15-37-16-13-22(18-37)39-20-7-5-19(6-8-20)29-24(23-10-9-21(17-27(23)33)40-31(35)36)3-1-4-26-25(29)11-12-28(38)30(26)34;/h5-12,17,22,31,38H,1-4,13-16,18H2;1H4/t22-;/m0./s1. The fourth-order valence-corrected chi connectivity index (χ4v) is 5.61. The van der Waals surface area contributed by atoms with E-state index in [9.17, 15) is 18.3 Å². The van der Waals surface area contributed by atoms with Gasteiger partial charge in [-0.05, 0) is 90.3 Å². The summed E-state index contributed by atoms with van der Waals surface area (Å²) in [4.78, 5) is 2.17. The molecule has 1 fully saturated rings. The van der Waals surface area contributed by atoms with Gasteiger partial charge in [0.2, 0.25) is 0 Å². The van der Waals surface area contributed by atoms with Crippen molar-refractivity contribution in [2.24, 2.45) is 0 Å². The number of fused-ring (bicyclic) bond motifs is 1. The second-order valence-corrected chi connectivity index (χ2v) is 10.0. The van der Waals surface area contributed by atoms with E-state index in [1.807, 2.05) is 12.1 Å². The van der Waals surface area contributed by atoms with Gasteiger partial charge in [-0.2, -0.15) is 8.78 Å². The van der Waals surface area contributed by atoms with Crippen LogP contribution in [0.5, 0.6) is 17.2 Å². The van der Waals surface area contributed by atoms with Gasteiger partial charge in [0.05, 0.1) is 6.67 Å². The fourth-order valence-electron chi connectivity index (χ4n) is 5.61. The Labute approximate surface area is 237 Å². The van der Waals surface area contributed by atoms with E-state index in [0.717, 1.165) is 25.6 Å².